The van der Waals surface area contributed by atoms with Gasteiger partial charge in [-0.15, -0.1) is 0 Å². The lowest BCUT2D eigenvalue weighted by Gasteiger charge is -2.35. The number of piperidine rings is 1. The highest BCUT2D eigenvalue weighted by molar-refractivity contribution is 5.81. The topological polar surface area (TPSA) is 79.4 Å². The first-order valence-electron chi connectivity index (χ1n) is 8.54. The predicted molar refractivity (Wildman–Crippen MR) is 90.0 cm³/mol. The lowest BCUT2D eigenvalue weighted by Crippen LogP contribution is -2.51. The van der Waals surface area contributed by atoms with E-state index in [-0.39, 0.29) is 23.7 Å². The number of morpholine rings is 1. The number of ether oxygens (including phenoxy) is 1. The second kappa shape index (κ2) is 6.41. The molecule has 2 aromatic rings. The smallest absolute Gasteiger partial charge is 0.326 e. The molecule has 0 spiro atoms. The molecule has 2 aliphatic heterocycles. The van der Waals surface area contributed by atoms with Gasteiger partial charge in [-0.05, 0) is 25.0 Å². The first kappa shape index (κ1) is 15.4. The number of imidazole rings is 1. The number of carbonyl (C=O) groups excluding carboxylic acids is 1. The van der Waals surface area contributed by atoms with Crippen LogP contribution in [0.15, 0.2) is 29.1 Å². The number of hydrogen-bond acceptors (Lipinski definition) is 4. The van der Waals surface area contributed by atoms with E-state index in [1.807, 2.05) is 33.7 Å². The third kappa shape index (κ3) is 2.74. The molecule has 1 aromatic carbocycles. The molecular weight excluding hydrogens is 308 g/mol. The van der Waals surface area contributed by atoms with Crippen LogP contribution in [-0.2, 0) is 9.53 Å². The minimum atomic E-state index is -0.369. The van der Waals surface area contributed by atoms with Gasteiger partial charge in [0.05, 0.1) is 17.6 Å². The fraction of sp³-hybridized carbons (Fsp3) is 0.529. The van der Waals surface area contributed by atoms with Gasteiger partial charge in [0.15, 0.2) is 0 Å². The average molecular weight is 330 g/mol. The number of amides is 1. The number of likely N-dealkylation sites (tertiary alicyclic amines) is 1. The molecule has 1 aromatic heterocycles. The van der Waals surface area contributed by atoms with Crippen molar-refractivity contribution in [2.75, 3.05) is 32.8 Å². The number of fused-ring (bicyclic) bond motifs is 1. The number of nitrogens with one attached hydrogen (secondary N) is 2. The van der Waals surface area contributed by atoms with Crippen molar-refractivity contribution in [3.05, 3.63) is 34.7 Å². The highest BCUT2D eigenvalue weighted by Crippen LogP contribution is 2.25. The fourth-order valence-corrected chi connectivity index (χ4v) is 3.71. The molecule has 0 bridgehead atoms. The van der Waals surface area contributed by atoms with E-state index in [4.69, 9.17) is 4.74 Å². The van der Waals surface area contributed by atoms with Crippen molar-refractivity contribution >= 4 is 16.9 Å². The Hall–Kier alpha value is -2.12. The van der Waals surface area contributed by atoms with Gasteiger partial charge in [-0.25, -0.2) is 4.79 Å². The van der Waals surface area contributed by atoms with Gasteiger partial charge in [-0.2, -0.15) is 0 Å². The quantitative estimate of drug-likeness (QED) is 0.839. The molecule has 2 N–H and O–H groups in total. The molecule has 2 saturated heterocycles. The first-order chi connectivity index (χ1) is 11.7. The second-order valence-electron chi connectivity index (χ2n) is 6.44. The van der Waals surface area contributed by atoms with Crippen LogP contribution in [0.25, 0.3) is 11.0 Å². The van der Waals surface area contributed by atoms with Gasteiger partial charge in [-0.1, -0.05) is 12.1 Å². The zero-order valence-electron chi connectivity index (χ0n) is 13.5. The summed E-state index contributed by atoms with van der Waals surface area (Å²) in [6, 6.07) is 7.87. The number of aromatic nitrogens is 2. The Balaban J connectivity index is 1.46. The van der Waals surface area contributed by atoms with Crippen LogP contribution >= 0.6 is 0 Å². The predicted octanol–water partition coefficient (Wildman–Crippen LogP) is 0.482. The van der Waals surface area contributed by atoms with Crippen molar-refractivity contribution in [1.82, 2.24) is 19.8 Å². The molecule has 0 saturated carbocycles. The maximum Gasteiger partial charge on any atom is 0.326 e. The largest absolute Gasteiger partial charge is 0.366 e. The van der Waals surface area contributed by atoms with Gasteiger partial charge in [0, 0.05) is 32.2 Å². The molecule has 2 aliphatic rings. The van der Waals surface area contributed by atoms with Gasteiger partial charge < -0.3 is 19.9 Å². The van der Waals surface area contributed by atoms with Crippen molar-refractivity contribution in [2.45, 2.75) is 25.0 Å². The molecule has 7 heteroatoms. The molecule has 24 heavy (non-hydrogen) atoms. The van der Waals surface area contributed by atoms with Crippen LogP contribution in [0, 0.1) is 0 Å². The lowest BCUT2D eigenvalue weighted by molar-refractivity contribution is -0.146. The molecule has 128 valence electrons. The van der Waals surface area contributed by atoms with Crippen LogP contribution in [0.2, 0.25) is 0 Å². The van der Waals surface area contributed by atoms with Gasteiger partial charge in [0.25, 0.3) is 5.91 Å². The summed E-state index contributed by atoms with van der Waals surface area (Å²) in [5.41, 5.74) is 1.73. The summed E-state index contributed by atoms with van der Waals surface area (Å²) in [4.78, 5) is 29.6. The van der Waals surface area contributed by atoms with E-state index in [0.29, 0.717) is 26.2 Å². The van der Waals surface area contributed by atoms with E-state index in [1.54, 1.807) is 0 Å². The van der Waals surface area contributed by atoms with Crippen molar-refractivity contribution in [2.24, 2.45) is 0 Å². The lowest BCUT2D eigenvalue weighted by atomic mass is 10.0. The average Bonchev–Trinajstić information content (AvgIpc) is 2.98. The van der Waals surface area contributed by atoms with Crippen LogP contribution < -0.4 is 11.0 Å². The minimum absolute atomic E-state index is 0.0620. The van der Waals surface area contributed by atoms with Gasteiger partial charge in [0.1, 0.15) is 6.10 Å². The van der Waals surface area contributed by atoms with Crippen LogP contribution in [0.1, 0.15) is 18.9 Å². The summed E-state index contributed by atoms with van der Waals surface area (Å²) in [5.74, 6) is 0.0620. The Labute approximate surface area is 139 Å². The summed E-state index contributed by atoms with van der Waals surface area (Å²) in [6.07, 6.45) is 1.20. The third-order valence-corrected chi connectivity index (χ3v) is 4.97. The fourth-order valence-electron chi connectivity index (χ4n) is 3.71. The number of H-pyrrole nitrogens is 1. The monoisotopic (exact) mass is 330 g/mol. The second-order valence-corrected chi connectivity index (χ2v) is 6.44. The Bertz CT molecular complexity index is 782. The minimum Gasteiger partial charge on any atom is -0.366 e. The summed E-state index contributed by atoms with van der Waals surface area (Å²) >= 11 is 0. The molecule has 1 atom stereocenters. The van der Waals surface area contributed by atoms with E-state index >= 15 is 0 Å². The standard InChI is InChI=1S/C17H22N4O3/c22-16(15-11-18-7-10-24-15)20-8-5-12(6-9-20)21-14-4-2-1-3-13(14)19-17(21)23/h1-4,12,15,18H,5-11H2,(H,19,23)/t15-/m1/s1. The normalized spacial score (nSPS) is 22.8. The number of benzene rings is 1. The van der Waals surface area contributed by atoms with E-state index in [0.717, 1.165) is 30.4 Å². The van der Waals surface area contributed by atoms with Gasteiger partial charge >= 0.3 is 5.69 Å². The SMILES string of the molecule is O=C([C@H]1CNCCO1)N1CCC(n2c(=O)[nH]c3ccccc32)CC1. The summed E-state index contributed by atoms with van der Waals surface area (Å²) in [6.45, 7) is 3.29. The highest BCUT2D eigenvalue weighted by atomic mass is 16.5. The van der Waals surface area contributed by atoms with E-state index in [9.17, 15) is 9.59 Å². The molecular formula is C17H22N4O3. The molecule has 7 nitrogen and oxygen atoms in total. The van der Waals surface area contributed by atoms with E-state index in [2.05, 4.69) is 10.3 Å². The van der Waals surface area contributed by atoms with Crippen LogP contribution in [-0.4, -0.2) is 59.2 Å². The summed E-state index contributed by atoms with van der Waals surface area (Å²) in [5, 5.41) is 3.19. The van der Waals surface area contributed by atoms with Crippen LogP contribution in [0.4, 0.5) is 0 Å². The molecule has 0 unspecified atom stereocenters. The Morgan fingerprint density at radius 3 is 2.75 bits per heavy atom. The van der Waals surface area contributed by atoms with Crippen molar-refractivity contribution in [3.8, 4) is 0 Å². The Morgan fingerprint density at radius 1 is 1.21 bits per heavy atom. The number of rotatable bonds is 2. The summed E-state index contributed by atoms with van der Waals surface area (Å²) in [7, 11) is 0. The van der Waals surface area contributed by atoms with Crippen molar-refractivity contribution in [1.29, 1.82) is 0 Å². The molecule has 0 aliphatic carbocycles. The van der Waals surface area contributed by atoms with E-state index in [1.165, 1.54) is 0 Å². The number of nitrogens with zero attached hydrogens (tertiary/aromatic N) is 2. The number of hydrogen-bond donors (Lipinski definition) is 2. The maximum absolute atomic E-state index is 12.5. The zero-order valence-corrected chi connectivity index (χ0v) is 13.5. The molecule has 2 fully saturated rings. The Morgan fingerprint density at radius 2 is 2.00 bits per heavy atom. The number of aromatic amines is 1. The third-order valence-electron chi connectivity index (χ3n) is 4.97. The Kier molecular flexibility index (Phi) is 4.12. The maximum atomic E-state index is 12.5. The number of para-hydroxylation sites is 2. The highest BCUT2D eigenvalue weighted by Gasteiger charge is 2.31. The molecule has 3 heterocycles. The first-order valence-corrected chi connectivity index (χ1v) is 8.54. The van der Waals surface area contributed by atoms with Gasteiger partial charge in [0.2, 0.25) is 0 Å². The molecule has 1 amide bonds. The van der Waals surface area contributed by atoms with Gasteiger partial charge in [-0.3, -0.25) is 9.36 Å². The molecule has 0 radical (unpaired) electrons. The van der Waals surface area contributed by atoms with Crippen LogP contribution in [0.3, 0.4) is 0 Å². The van der Waals surface area contributed by atoms with E-state index < -0.39 is 0 Å². The number of carbonyl (C=O) groups is 1. The van der Waals surface area contributed by atoms with Crippen LogP contribution in [0.5, 0.6) is 0 Å². The zero-order chi connectivity index (χ0) is 16.5. The molecule has 4 rings (SSSR count). The summed E-state index contributed by atoms with van der Waals surface area (Å²) < 4.78 is 7.40. The van der Waals surface area contributed by atoms with Crippen molar-refractivity contribution < 1.29 is 9.53 Å². The van der Waals surface area contributed by atoms with Crippen molar-refractivity contribution in [3.63, 3.8) is 0 Å².